The Morgan fingerprint density at radius 3 is 2.17 bits per heavy atom. The van der Waals surface area contributed by atoms with Gasteiger partial charge in [-0.05, 0) is 74.2 Å². The monoisotopic (exact) mass is 565 g/mol. The Labute approximate surface area is 238 Å². The molecule has 40 heavy (non-hydrogen) atoms. The zero-order valence-electron chi connectivity index (χ0n) is 23.8. The van der Waals surface area contributed by atoms with E-state index in [0.29, 0.717) is 11.4 Å². The van der Waals surface area contributed by atoms with Gasteiger partial charge in [0, 0.05) is 12.6 Å². The van der Waals surface area contributed by atoms with Crippen LogP contribution in [0.4, 0.5) is 5.69 Å². The van der Waals surface area contributed by atoms with Crippen LogP contribution in [0.3, 0.4) is 0 Å². The van der Waals surface area contributed by atoms with E-state index in [1.807, 2.05) is 45.0 Å². The molecule has 3 rings (SSSR count). The number of rotatable bonds is 13. The van der Waals surface area contributed by atoms with Crippen molar-refractivity contribution in [2.45, 2.75) is 64.1 Å². The van der Waals surface area contributed by atoms with Gasteiger partial charge in [-0.1, -0.05) is 56.3 Å². The van der Waals surface area contributed by atoms with Crippen LogP contribution in [0.5, 0.6) is 5.75 Å². The number of sulfonamides is 1. The first kappa shape index (κ1) is 30.7. The van der Waals surface area contributed by atoms with Gasteiger partial charge in [-0.15, -0.1) is 0 Å². The van der Waals surface area contributed by atoms with Gasteiger partial charge in [-0.3, -0.25) is 13.9 Å². The third kappa shape index (κ3) is 7.63. The molecule has 3 aromatic carbocycles. The Morgan fingerprint density at radius 1 is 0.900 bits per heavy atom. The molecule has 0 saturated heterocycles. The number of ether oxygens (including phenoxy) is 1. The maximum absolute atomic E-state index is 14.0. The first-order chi connectivity index (χ1) is 19.1. The molecule has 3 aromatic rings. The molecular formula is C31H39N3O5S. The molecule has 2 atom stereocenters. The summed E-state index contributed by atoms with van der Waals surface area (Å²) >= 11 is 0. The molecule has 0 aliphatic heterocycles. The van der Waals surface area contributed by atoms with Gasteiger partial charge in [0.2, 0.25) is 11.8 Å². The van der Waals surface area contributed by atoms with Gasteiger partial charge in [0.25, 0.3) is 10.0 Å². The van der Waals surface area contributed by atoms with Gasteiger partial charge in [-0.2, -0.15) is 0 Å². The van der Waals surface area contributed by atoms with Crippen LogP contribution in [0, 0.1) is 0 Å². The summed E-state index contributed by atoms with van der Waals surface area (Å²) in [4.78, 5) is 28.6. The van der Waals surface area contributed by atoms with Crippen molar-refractivity contribution in [2.75, 3.05) is 18.0 Å². The minimum Gasteiger partial charge on any atom is -0.497 e. The highest BCUT2D eigenvalue weighted by molar-refractivity contribution is 7.92. The van der Waals surface area contributed by atoms with E-state index in [9.17, 15) is 18.0 Å². The highest BCUT2D eigenvalue weighted by Gasteiger charge is 2.32. The zero-order valence-corrected chi connectivity index (χ0v) is 24.6. The van der Waals surface area contributed by atoms with Crippen molar-refractivity contribution in [2.24, 2.45) is 0 Å². The third-order valence-corrected chi connectivity index (χ3v) is 8.69. The van der Waals surface area contributed by atoms with Crippen molar-refractivity contribution in [3.63, 3.8) is 0 Å². The molecule has 9 heteroatoms. The average molecular weight is 566 g/mol. The van der Waals surface area contributed by atoms with Crippen LogP contribution in [0.25, 0.3) is 0 Å². The predicted molar refractivity (Wildman–Crippen MR) is 158 cm³/mol. The predicted octanol–water partition coefficient (Wildman–Crippen LogP) is 4.78. The molecule has 0 saturated carbocycles. The van der Waals surface area contributed by atoms with Gasteiger partial charge in [0.05, 0.1) is 17.7 Å². The summed E-state index contributed by atoms with van der Waals surface area (Å²) in [7, 11) is -2.53. The van der Waals surface area contributed by atoms with Gasteiger partial charge in [-0.25, -0.2) is 8.42 Å². The summed E-state index contributed by atoms with van der Waals surface area (Å²) in [6, 6.07) is 21.4. The topological polar surface area (TPSA) is 96.0 Å². The number of carbonyl (C=O) groups excluding carboxylic acids is 2. The number of anilines is 1. The lowest BCUT2D eigenvalue weighted by Crippen LogP contribution is -2.52. The summed E-state index contributed by atoms with van der Waals surface area (Å²) in [6.07, 6.45) is 1.53. The molecule has 0 aromatic heterocycles. The molecule has 0 spiro atoms. The molecule has 214 valence electrons. The number of amides is 2. The Balaban J connectivity index is 2.02. The number of carbonyl (C=O) groups is 2. The number of nitrogens with zero attached hydrogens (tertiary/aromatic N) is 2. The second-order valence-electron chi connectivity index (χ2n) is 9.71. The van der Waals surface area contributed by atoms with Gasteiger partial charge >= 0.3 is 0 Å². The Morgan fingerprint density at radius 2 is 1.57 bits per heavy atom. The Kier molecular flexibility index (Phi) is 10.7. The van der Waals surface area contributed by atoms with Crippen molar-refractivity contribution in [1.82, 2.24) is 10.2 Å². The van der Waals surface area contributed by atoms with Crippen LogP contribution in [0.2, 0.25) is 0 Å². The quantitative estimate of drug-likeness (QED) is 0.322. The zero-order chi connectivity index (χ0) is 29.3. The lowest BCUT2D eigenvalue weighted by molar-refractivity contribution is -0.139. The van der Waals surface area contributed by atoms with Gasteiger partial charge < -0.3 is 15.0 Å². The van der Waals surface area contributed by atoms with Crippen LogP contribution < -0.4 is 14.4 Å². The fourth-order valence-electron chi connectivity index (χ4n) is 4.16. The normalized spacial score (nSPS) is 12.7. The Hall–Kier alpha value is -3.85. The van der Waals surface area contributed by atoms with Crippen molar-refractivity contribution < 1.29 is 22.7 Å². The second kappa shape index (κ2) is 14.0. The van der Waals surface area contributed by atoms with E-state index >= 15 is 0 Å². The largest absolute Gasteiger partial charge is 0.497 e. The van der Waals surface area contributed by atoms with E-state index in [1.165, 1.54) is 17.0 Å². The first-order valence-corrected chi connectivity index (χ1v) is 14.9. The molecule has 0 aliphatic rings. The second-order valence-corrected chi connectivity index (χ2v) is 11.6. The maximum atomic E-state index is 14.0. The molecule has 0 radical (unpaired) electrons. The van der Waals surface area contributed by atoms with Gasteiger partial charge in [0.1, 0.15) is 18.3 Å². The van der Waals surface area contributed by atoms with Gasteiger partial charge in [0.15, 0.2) is 0 Å². The molecule has 0 aliphatic carbocycles. The van der Waals surface area contributed by atoms with E-state index in [2.05, 4.69) is 5.32 Å². The number of hydrogen-bond acceptors (Lipinski definition) is 5. The highest BCUT2D eigenvalue weighted by atomic mass is 32.2. The van der Waals surface area contributed by atoms with Crippen LogP contribution in [-0.2, 0) is 32.6 Å². The molecule has 8 nitrogen and oxygen atoms in total. The van der Waals surface area contributed by atoms with Crippen LogP contribution in [0.15, 0.2) is 83.8 Å². The van der Waals surface area contributed by atoms with Crippen LogP contribution >= 0.6 is 0 Å². The number of aryl methyl sites for hydroxylation is 1. The molecule has 0 fully saturated rings. The maximum Gasteiger partial charge on any atom is 0.264 e. The summed E-state index contributed by atoms with van der Waals surface area (Å²) in [5.74, 6) is -0.199. The van der Waals surface area contributed by atoms with Crippen molar-refractivity contribution in [1.29, 1.82) is 0 Å². The fraction of sp³-hybridized carbons (Fsp3) is 0.355. The minimum absolute atomic E-state index is 0.0734. The smallest absolute Gasteiger partial charge is 0.264 e. The van der Waals surface area contributed by atoms with Crippen molar-refractivity contribution >= 4 is 27.5 Å². The highest BCUT2D eigenvalue weighted by Crippen LogP contribution is 2.25. The fourth-order valence-corrected chi connectivity index (χ4v) is 5.60. The van der Waals surface area contributed by atoms with Crippen LogP contribution in [-0.4, -0.2) is 50.9 Å². The summed E-state index contributed by atoms with van der Waals surface area (Å²) in [5, 5.41) is 2.94. The summed E-state index contributed by atoms with van der Waals surface area (Å²) in [5.41, 5.74) is 2.16. The SMILES string of the molecule is CCc1ccc(N(CC(=O)N(Cc2cccc(OC)c2)[C@@H](C)C(=O)N[C@@H](C)CC)S(=O)(=O)c2ccccc2)cc1. The number of nitrogens with one attached hydrogen (secondary N) is 1. The van der Waals surface area contributed by atoms with Crippen molar-refractivity contribution in [3.05, 3.63) is 90.0 Å². The first-order valence-electron chi connectivity index (χ1n) is 13.5. The number of hydrogen-bond donors (Lipinski definition) is 1. The molecular weight excluding hydrogens is 526 g/mol. The molecule has 0 unspecified atom stereocenters. The van der Waals surface area contributed by atoms with Crippen molar-refractivity contribution in [3.8, 4) is 5.75 Å². The lowest BCUT2D eigenvalue weighted by atomic mass is 10.1. The number of benzene rings is 3. The standard InChI is InChI=1S/C31H39N3O5S/c1-6-23(3)32-31(36)24(4)33(21-26-12-11-13-28(20-26)39-5)30(35)22-34(27-18-16-25(7-2)17-19-27)40(37,38)29-14-9-8-10-15-29/h8-20,23-24H,6-7,21-22H2,1-5H3,(H,32,36)/t23-,24-/m0/s1. The van der Waals surface area contributed by atoms with E-state index in [0.717, 1.165) is 28.3 Å². The molecule has 2 amide bonds. The molecule has 0 heterocycles. The molecule has 1 N–H and O–H groups in total. The summed E-state index contributed by atoms with van der Waals surface area (Å²) in [6.45, 7) is 7.14. The van der Waals surface area contributed by atoms with E-state index < -0.39 is 28.5 Å². The van der Waals surface area contributed by atoms with E-state index in [1.54, 1.807) is 56.5 Å². The minimum atomic E-state index is -4.09. The average Bonchev–Trinajstić information content (AvgIpc) is 2.98. The summed E-state index contributed by atoms with van der Waals surface area (Å²) < 4.78 is 34.1. The lowest BCUT2D eigenvalue weighted by Gasteiger charge is -2.32. The molecule has 0 bridgehead atoms. The number of methoxy groups -OCH3 is 1. The third-order valence-electron chi connectivity index (χ3n) is 6.90. The Bertz CT molecular complexity index is 1380. The van der Waals surface area contributed by atoms with Crippen LogP contribution in [0.1, 0.15) is 45.2 Å². The van der Waals surface area contributed by atoms with E-state index in [4.69, 9.17) is 4.74 Å². The van der Waals surface area contributed by atoms with E-state index in [-0.39, 0.29) is 23.4 Å².